The molecule has 2 heterocycles. The Labute approximate surface area is 197 Å². The van der Waals surface area contributed by atoms with E-state index < -0.39 is 40.0 Å². The number of anilines is 1. The van der Waals surface area contributed by atoms with Gasteiger partial charge in [0.1, 0.15) is 12.1 Å². The maximum Gasteiger partial charge on any atom is 0.325 e. The van der Waals surface area contributed by atoms with Gasteiger partial charge in [0.25, 0.3) is 5.91 Å². The Morgan fingerprint density at radius 3 is 2.29 bits per heavy atom. The number of hydrogen-bond acceptors (Lipinski definition) is 6. The number of carbonyl (C=O) groups is 3. The molecule has 0 bridgehead atoms. The standard InChI is InChI=1S/C23H23N5O5S/c1-23(17-6-4-16(14-24)5-7-17)21(30)28(22(31)26-23)15-20(29)25-18-8-10-19(11-9-18)34(32,33)27-12-2-3-13-27/h4-11H,2-3,12-13,15H2,1H3,(H,25,29)(H,26,31)/t23-/m1/s1. The lowest BCUT2D eigenvalue weighted by atomic mass is 9.91. The summed E-state index contributed by atoms with van der Waals surface area (Å²) < 4.78 is 26.7. The highest BCUT2D eigenvalue weighted by Crippen LogP contribution is 2.29. The molecule has 2 aromatic carbocycles. The molecule has 0 aromatic heterocycles. The molecule has 1 atom stereocenters. The van der Waals surface area contributed by atoms with Crippen LogP contribution in [-0.4, -0.2) is 55.1 Å². The molecule has 11 heteroatoms. The average Bonchev–Trinajstić information content (AvgIpc) is 3.44. The van der Waals surface area contributed by atoms with E-state index in [9.17, 15) is 22.8 Å². The zero-order valence-corrected chi connectivity index (χ0v) is 19.3. The Morgan fingerprint density at radius 2 is 1.71 bits per heavy atom. The van der Waals surface area contributed by atoms with Crippen molar-refractivity contribution >= 4 is 33.6 Å². The number of rotatable bonds is 6. The summed E-state index contributed by atoms with van der Waals surface area (Å²) in [5.74, 6) is -1.20. The molecule has 2 N–H and O–H groups in total. The number of amides is 4. The highest BCUT2D eigenvalue weighted by Gasteiger charge is 2.49. The van der Waals surface area contributed by atoms with Crippen molar-refractivity contribution in [3.63, 3.8) is 0 Å². The van der Waals surface area contributed by atoms with E-state index in [1.54, 1.807) is 24.3 Å². The van der Waals surface area contributed by atoms with Crippen molar-refractivity contribution in [2.45, 2.75) is 30.2 Å². The van der Waals surface area contributed by atoms with Crippen LogP contribution in [-0.2, 0) is 25.2 Å². The Kier molecular flexibility index (Phi) is 6.12. The summed E-state index contributed by atoms with van der Waals surface area (Å²) in [5.41, 5.74) is -0.119. The maximum absolute atomic E-state index is 13.0. The largest absolute Gasteiger partial charge is 0.325 e. The highest BCUT2D eigenvalue weighted by atomic mass is 32.2. The molecule has 2 fully saturated rings. The normalized spacial score (nSPS) is 20.8. The third-order valence-electron chi connectivity index (χ3n) is 6.01. The molecule has 2 aliphatic heterocycles. The van der Waals surface area contributed by atoms with Crippen LogP contribution in [0.5, 0.6) is 0 Å². The molecule has 0 spiro atoms. The first-order valence-corrected chi connectivity index (χ1v) is 12.1. The number of imide groups is 1. The monoisotopic (exact) mass is 481 g/mol. The van der Waals surface area contributed by atoms with E-state index in [1.165, 1.54) is 35.5 Å². The second kappa shape index (κ2) is 8.89. The number of carbonyl (C=O) groups excluding carboxylic acids is 3. The third-order valence-corrected chi connectivity index (χ3v) is 7.92. The van der Waals surface area contributed by atoms with Gasteiger partial charge in [-0.25, -0.2) is 13.2 Å². The fourth-order valence-corrected chi connectivity index (χ4v) is 5.56. The fourth-order valence-electron chi connectivity index (χ4n) is 4.05. The van der Waals surface area contributed by atoms with Crippen LogP contribution in [0.1, 0.15) is 30.9 Å². The van der Waals surface area contributed by atoms with Crippen LogP contribution >= 0.6 is 0 Å². The van der Waals surface area contributed by atoms with Crippen molar-refractivity contribution < 1.29 is 22.8 Å². The molecule has 10 nitrogen and oxygen atoms in total. The molecule has 0 unspecified atom stereocenters. The predicted molar refractivity (Wildman–Crippen MR) is 122 cm³/mol. The first-order valence-electron chi connectivity index (χ1n) is 10.7. The van der Waals surface area contributed by atoms with Gasteiger partial charge in [-0.1, -0.05) is 12.1 Å². The van der Waals surface area contributed by atoms with Crippen molar-refractivity contribution in [2.24, 2.45) is 0 Å². The molecule has 4 rings (SSSR count). The van der Waals surface area contributed by atoms with Gasteiger partial charge in [0.05, 0.1) is 16.5 Å². The highest BCUT2D eigenvalue weighted by molar-refractivity contribution is 7.89. The van der Waals surface area contributed by atoms with Crippen LogP contribution in [0.3, 0.4) is 0 Å². The van der Waals surface area contributed by atoms with Crippen molar-refractivity contribution in [3.8, 4) is 6.07 Å². The first-order chi connectivity index (χ1) is 16.1. The molecule has 0 radical (unpaired) electrons. The van der Waals surface area contributed by atoms with Crippen LogP contribution in [0.25, 0.3) is 0 Å². The average molecular weight is 482 g/mol. The molecule has 176 valence electrons. The summed E-state index contributed by atoms with van der Waals surface area (Å²) in [4.78, 5) is 38.9. The molecule has 34 heavy (non-hydrogen) atoms. The lowest BCUT2D eigenvalue weighted by molar-refractivity contribution is -0.133. The zero-order valence-electron chi connectivity index (χ0n) is 18.4. The van der Waals surface area contributed by atoms with E-state index in [1.807, 2.05) is 6.07 Å². The summed E-state index contributed by atoms with van der Waals surface area (Å²) in [7, 11) is -3.56. The Bertz CT molecular complexity index is 1280. The smallest absolute Gasteiger partial charge is 0.325 e. The van der Waals surface area contributed by atoms with Gasteiger partial charge in [-0.15, -0.1) is 0 Å². The van der Waals surface area contributed by atoms with Crippen molar-refractivity contribution in [1.82, 2.24) is 14.5 Å². The summed E-state index contributed by atoms with van der Waals surface area (Å²) in [6.45, 7) is 2.01. The van der Waals surface area contributed by atoms with Crippen LogP contribution in [0, 0.1) is 11.3 Å². The van der Waals surface area contributed by atoms with Gasteiger partial charge in [-0.05, 0) is 61.7 Å². The second-order valence-electron chi connectivity index (χ2n) is 8.32. The summed E-state index contributed by atoms with van der Waals surface area (Å²) in [6.07, 6.45) is 1.67. The quantitative estimate of drug-likeness (QED) is 0.603. The van der Waals surface area contributed by atoms with E-state index in [-0.39, 0.29) is 4.90 Å². The van der Waals surface area contributed by atoms with E-state index >= 15 is 0 Å². The minimum absolute atomic E-state index is 0.139. The Balaban J connectivity index is 1.42. The molecular weight excluding hydrogens is 458 g/mol. The van der Waals surface area contributed by atoms with Gasteiger partial charge >= 0.3 is 6.03 Å². The lowest BCUT2D eigenvalue weighted by Gasteiger charge is -2.22. The van der Waals surface area contributed by atoms with Gasteiger partial charge in [0.15, 0.2) is 0 Å². The topological polar surface area (TPSA) is 140 Å². The van der Waals surface area contributed by atoms with Crippen molar-refractivity contribution in [1.29, 1.82) is 5.26 Å². The number of benzene rings is 2. The van der Waals surface area contributed by atoms with Crippen molar-refractivity contribution in [2.75, 3.05) is 25.0 Å². The van der Waals surface area contributed by atoms with E-state index in [0.29, 0.717) is 29.9 Å². The molecule has 0 aliphatic carbocycles. The van der Waals surface area contributed by atoms with Crippen molar-refractivity contribution in [3.05, 3.63) is 59.7 Å². The first kappa shape index (κ1) is 23.4. The van der Waals surface area contributed by atoms with Gasteiger partial charge < -0.3 is 10.6 Å². The molecule has 0 saturated carbocycles. The molecule has 2 aromatic rings. The Hall–Kier alpha value is -3.75. The molecule has 2 saturated heterocycles. The maximum atomic E-state index is 13.0. The number of sulfonamides is 1. The van der Waals surface area contributed by atoms with Crippen LogP contribution in [0.2, 0.25) is 0 Å². The number of hydrogen-bond donors (Lipinski definition) is 2. The summed E-state index contributed by atoms with van der Waals surface area (Å²) in [5, 5.41) is 14.1. The number of nitrogens with one attached hydrogen (secondary N) is 2. The predicted octanol–water partition coefficient (Wildman–Crippen LogP) is 1.75. The number of nitriles is 1. The van der Waals surface area contributed by atoms with Gasteiger partial charge in [-0.2, -0.15) is 9.57 Å². The van der Waals surface area contributed by atoms with Gasteiger partial charge in [0.2, 0.25) is 15.9 Å². The van der Waals surface area contributed by atoms with E-state index in [4.69, 9.17) is 5.26 Å². The second-order valence-corrected chi connectivity index (χ2v) is 10.3. The summed E-state index contributed by atoms with van der Waals surface area (Å²) in [6, 6.07) is 13.3. The van der Waals surface area contributed by atoms with Gasteiger partial charge in [0, 0.05) is 18.8 Å². The van der Waals surface area contributed by atoms with Crippen LogP contribution in [0.4, 0.5) is 10.5 Å². The van der Waals surface area contributed by atoms with Crippen LogP contribution < -0.4 is 10.6 Å². The third kappa shape index (κ3) is 4.25. The zero-order chi connectivity index (χ0) is 24.5. The SMILES string of the molecule is C[C@]1(c2ccc(C#N)cc2)NC(=O)N(CC(=O)Nc2ccc(S(=O)(=O)N3CCCC3)cc2)C1=O. The van der Waals surface area contributed by atoms with E-state index in [0.717, 1.165) is 17.7 Å². The molecule has 4 amide bonds. The summed E-state index contributed by atoms with van der Waals surface area (Å²) >= 11 is 0. The lowest BCUT2D eigenvalue weighted by Crippen LogP contribution is -2.42. The fraction of sp³-hybridized carbons (Fsp3) is 0.304. The Morgan fingerprint density at radius 1 is 1.09 bits per heavy atom. The minimum atomic E-state index is -3.56. The van der Waals surface area contributed by atoms with Crippen LogP contribution in [0.15, 0.2) is 53.4 Å². The van der Waals surface area contributed by atoms with E-state index in [2.05, 4.69) is 10.6 Å². The molecular formula is C23H23N5O5S. The molecule has 2 aliphatic rings. The minimum Gasteiger partial charge on any atom is -0.325 e. The number of urea groups is 1. The van der Waals surface area contributed by atoms with Gasteiger partial charge in [-0.3, -0.25) is 14.5 Å². The number of nitrogens with zero attached hydrogens (tertiary/aromatic N) is 3.